The molecule has 45 heavy (non-hydrogen) atoms. The number of nitrogens with zero attached hydrogens (tertiary/aromatic N) is 4. The number of nitrogens with one attached hydrogen (secondary N) is 1. The highest BCUT2D eigenvalue weighted by atomic mass is 16.6. The standard InChI is InChI=1S/C32H46N6O7/c1-30(2,3)25(37-29(42)45-31(4,5)6)28(41)43-16-20-15-32(17-33,22-13-12-21-27(34)35-18-36-38(21)22)26(40)24(20)44-23(39)14-19-10-8-7-9-11-19/h12-13,18-20,24-26,40H,7-11,14-16H2,1-6H3,(H,37,42)(H2,34,35,36)/t20-,24-,25-,26-,32-/m1/s1. The van der Waals surface area contributed by atoms with Crippen LogP contribution in [0.5, 0.6) is 0 Å². The van der Waals surface area contributed by atoms with E-state index in [0.29, 0.717) is 11.2 Å². The van der Waals surface area contributed by atoms with Gasteiger partial charge in [-0.05, 0) is 63.5 Å². The average Bonchev–Trinajstić information content (AvgIpc) is 3.50. The van der Waals surface area contributed by atoms with E-state index in [1.165, 1.54) is 10.8 Å². The lowest BCUT2D eigenvalue weighted by Gasteiger charge is -2.31. The Hall–Kier alpha value is -3.92. The van der Waals surface area contributed by atoms with Gasteiger partial charge in [0.1, 0.15) is 41.1 Å². The number of ether oxygens (including phenoxy) is 3. The molecule has 2 aliphatic carbocycles. The van der Waals surface area contributed by atoms with Gasteiger partial charge in [-0.25, -0.2) is 19.1 Å². The number of aliphatic hydroxyl groups is 1. The average molecular weight is 627 g/mol. The van der Waals surface area contributed by atoms with E-state index in [4.69, 9.17) is 19.9 Å². The van der Waals surface area contributed by atoms with E-state index in [-0.39, 0.29) is 31.2 Å². The van der Waals surface area contributed by atoms with Gasteiger partial charge in [0.2, 0.25) is 0 Å². The molecule has 13 nitrogen and oxygen atoms in total. The molecular formula is C32H46N6O7. The van der Waals surface area contributed by atoms with Gasteiger partial charge >= 0.3 is 18.0 Å². The molecule has 4 rings (SSSR count). The molecule has 0 bridgehead atoms. The lowest BCUT2D eigenvalue weighted by Crippen LogP contribution is -2.51. The molecule has 5 atom stereocenters. The maximum atomic E-state index is 13.4. The van der Waals surface area contributed by atoms with Gasteiger partial charge in [0.05, 0.1) is 18.4 Å². The molecule has 2 fully saturated rings. The number of amides is 1. The predicted octanol–water partition coefficient (Wildman–Crippen LogP) is 3.82. The normalized spacial score (nSPS) is 24.9. The van der Waals surface area contributed by atoms with Gasteiger partial charge < -0.3 is 30.4 Å². The van der Waals surface area contributed by atoms with E-state index in [0.717, 1.165) is 32.1 Å². The third kappa shape index (κ3) is 7.66. The lowest BCUT2D eigenvalue weighted by atomic mass is 9.81. The molecule has 246 valence electrons. The number of rotatable bonds is 8. The molecule has 2 heterocycles. The molecule has 2 saturated carbocycles. The molecule has 0 spiro atoms. The van der Waals surface area contributed by atoms with Gasteiger partial charge in [-0.1, -0.05) is 40.0 Å². The number of nitrogen functional groups attached to an aromatic ring is 1. The van der Waals surface area contributed by atoms with Crippen LogP contribution < -0.4 is 11.1 Å². The highest BCUT2D eigenvalue weighted by Crippen LogP contribution is 2.46. The fraction of sp³-hybridized carbons (Fsp3) is 0.688. The van der Waals surface area contributed by atoms with E-state index < -0.39 is 58.6 Å². The Labute approximate surface area is 263 Å². The van der Waals surface area contributed by atoms with Crippen LogP contribution in [-0.4, -0.2) is 68.2 Å². The van der Waals surface area contributed by atoms with Crippen LogP contribution in [-0.2, 0) is 29.2 Å². The summed E-state index contributed by atoms with van der Waals surface area (Å²) in [6.45, 7) is 10.2. The number of nitriles is 1. The van der Waals surface area contributed by atoms with Gasteiger partial charge in [0, 0.05) is 12.3 Å². The number of hydrogen-bond donors (Lipinski definition) is 3. The van der Waals surface area contributed by atoms with Crippen molar-refractivity contribution in [3.05, 3.63) is 24.2 Å². The largest absolute Gasteiger partial charge is 0.464 e. The number of aromatic nitrogens is 3. The molecular weight excluding hydrogens is 580 g/mol. The summed E-state index contributed by atoms with van der Waals surface area (Å²) in [6.07, 6.45) is 3.19. The number of aliphatic hydroxyl groups excluding tert-OH is 1. The van der Waals surface area contributed by atoms with Crippen LogP contribution in [0, 0.1) is 28.6 Å². The lowest BCUT2D eigenvalue weighted by molar-refractivity contribution is -0.162. The van der Waals surface area contributed by atoms with Gasteiger partial charge in [0.15, 0.2) is 5.82 Å². The number of nitrogens with two attached hydrogens (primary N) is 1. The number of carbonyl (C=O) groups excluding carboxylic acids is 3. The molecule has 0 unspecified atom stereocenters. The first-order valence-corrected chi connectivity index (χ1v) is 15.6. The first kappa shape index (κ1) is 34.0. The van der Waals surface area contributed by atoms with Crippen LogP contribution >= 0.6 is 0 Å². The Kier molecular flexibility index (Phi) is 9.97. The molecule has 4 N–H and O–H groups in total. The van der Waals surface area contributed by atoms with Crippen molar-refractivity contribution in [2.24, 2.45) is 17.3 Å². The zero-order chi connectivity index (χ0) is 33.2. The number of alkyl carbamates (subject to hydrolysis) is 1. The molecule has 13 heteroatoms. The summed E-state index contributed by atoms with van der Waals surface area (Å²) in [7, 11) is 0. The smallest absolute Gasteiger partial charge is 0.408 e. The number of fused-ring (bicyclic) bond motifs is 1. The van der Waals surface area contributed by atoms with Gasteiger partial charge in [-0.2, -0.15) is 10.4 Å². The highest BCUT2D eigenvalue weighted by Gasteiger charge is 2.58. The van der Waals surface area contributed by atoms with Crippen molar-refractivity contribution in [3.8, 4) is 6.07 Å². The summed E-state index contributed by atoms with van der Waals surface area (Å²) in [4.78, 5) is 43.2. The van der Waals surface area contributed by atoms with Crippen molar-refractivity contribution in [1.29, 1.82) is 5.26 Å². The van der Waals surface area contributed by atoms with Crippen molar-refractivity contribution >= 4 is 29.4 Å². The molecule has 2 aromatic heterocycles. The summed E-state index contributed by atoms with van der Waals surface area (Å²) in [5.74, 6) is -1.54. The van der Waals surface area contributed by atoms with Crippen LogP contribution in [0.2, 0.25) is 0 Å². The first-order valence-electron chi connectivity index (χ1n) is 15.6. The minimum atomic E-state index is -1.57. The van der Waals surface area contributed by atoms with Crippen LogP contribution in [0.25, 0.3) is 5.52 Å². The molecule has 0 radical (unpaired) electrons. The summed E-state index contributed by atoms with van der Waals surface area (Å²) < 4.78 is 18.5. The summed E-state index contributed by atoms with van der Waals surface area (Å²) >= 11 is 0. The van der Waals surface area contributed by atoms with Crippen LogP contribution in [0.4, 0.5) is 10.6 Å². The van der Waals surface area contributed by atoms with E-state index in [1.807, 2.05) is 0 Å². The third-order valence-electron chi connectivity index (χ3n) is 8.65. The quantitative estimate of drug-likeness (QED) is 0.285. The minimum absolute atomic E-state index is 0.00494. The number of carbonyl (C=O) groups is 3. The summed E-state index contributed by atoms with van der Waals surface area (Å²) in [6, 6.07) is 4.49. The second-order valence-corrected chi connectivity index (χ2v) is 14.4. The number of hydrogen-bond acceptors (Lipinski definition) is 11. The van der Waals surface area contributed by atoms with Crippen LogP contribution in [0.1, 0.15) is 92.2 Å². The van der Waals surface area contributed by atoms with E-state index >= 15 is 0 Å². The molecule has 0 saturated heterocycles. The zero-order valence-electron chi connectivity index (χ0n) is 27.0. The Morgan fingerprint density at radius 1 is 1.18 bits per heavy atom. The second-order valence-electron chi connectivity index (χ2n) is 14.4. The van der Waals surface area contributed by atoms with Gasteiger partial charge in [-0.3, -0.25) is 4.79 Å². The Bertz CT molecular complexity index is 1430. The molecule has 2 aliphatic rings. The maximum absolute atomic E-state index is 13.4. The fourth-order valence-electron chi connectivity index (χ4n) is 6.37. The van der Waals surface area contributed by atoms with Crippen molar-refractivity contribution in [3.63, 3.8) is 0 Å². The van der Waals surface area contributed by atoms with Crippen molar-refractivity contribution < 1.29 is 33.7 Å². The fourth-order valence-corrected chi connectivity index (χ4v) is 6.37. The van der Waals surface area contributed by atoms with Crippen LogP contribution in [0.3, 0.4) is 0 Å². The van der Waals surface area contributed by atoms with E-state index in [9.17, 15) is 24.8 Å². The first-order chi connectivity index (χ1) is 21.1. The predicted molar refractivity (Wildman–Crippen MR) is 163 cm³/mol. The third-order valence-corrected chi connectivity index (χ3v) is 8.65. The molecule has 1 amide bonds. The minimum Gasteiger partial charge on any atom is -0.464 e. The Morgan fingerprint density at radius 3 is 2.49 bits per heavy atom. The monoisotopic (exact) mass is 626 g/mol. The second kappa shape index (κ2) is 13.2. The van der Waals surface area contributed by atoms with E-state index in [2.05, 4.69) is 21.5 Å². The Balaban J connectivity index is 1.60. The van der Waals surface area contributed by atoms with E-state index in [1.54, 1.807) is 53.7 Å². The van der Waals surface area contributed by atoms with Crippen molar-refractivity contribution in [1.82, 2.24) is 19.9 Å². The maximum Gasteiger partial charge on any atom is 0.408 e. The van der Waals surface area contributed by atoms with Crippen LogP contribution in [0.15, 0.2) is 18.5 Å². The number of anilines is 1. The molecule has 0 aromatic carbocycles. The molecule has 0 aliphatic heterocycles. The molecule has 2 aromatic rings. The topological polar surface area (TPSA) is 191 Å². The zero-order valence-corrected chi connectivity index (χ0v) is 27.0. The SMILES string of the molecule is CC(C)(C)OC(=O)N[C@H](C(=O)OC[C@H]1C[C@@](C#N)(c2ccc3c(N)ncnn23)[C@H](O)[C@@H]1OC(=O)CC1CCCCC1)C(C)(C)C. The van der Waals surface area contributed by atoms with Gasteiger partial charge in [-0.15, -0.1) is 0 Å². The highest BCUT2D eigenvalue weighted by molar-refractivity contribution is 5.82. The Morgan fingerprint density at radius 2 is 1.87 bits per heavy atom. The van der Waals surface area contributed by atoms with Crippen molar-refractivity contribution in [2.45, 2.75) is 116 Å². The summed E-state index contributed by atoms with van der Waals surface area (Å²) in [5.41, 5.74) is 3.75. The summed E-state index contributed by atoms with van der Waals surface area (Å²) in [5, 5.41) is 29.2. The van der Waals surface area contributed by atoms with Crippen molar-refractivity contribution in [2.75, 3.05) is 12.3 Å². The number of esters is 2. The van der Waals surface area contributed by atoms with Gasteiger partial charge in [0.25, 0.3) is 0 Å².